The summed E-state index contributed by atoms with van der Waals surface area (Å²) < 4.78 is 1.89. The zero-order valence-corrected chi connectivity index (χ0v) is 11.4. The SMILES string of the molecule is CCN1CCC(c2nc3cccc(CN)n3n2)CC1. The van der Waals surface area contributed by atoms with Crippen LogP contribution in [-0.4, -0.2) is 39.1 Å². The van der Waals surface area contributed by atoms with Crippen molar-refractivity contribution in [1.29, 1.82) is 0 Å². The molecule has 0 unspecified atom stereocenters. The van der Waals surface area contributed by atoms with E-state index in [1.54, 1.807) is 0 Å². The summed E-state index contributed by atoms with van der Waals surface area (Å²) in [5, 5.41) is 4.67. The van der Waals surface area contributed by atoms with Gasteiger partial charge in [-0.15, -0.1) is 0 Å². The molecule has 5 heteroatoms. The molecular weight excluding hydrogens is 238 g/mol. The number of hydrogen-bond donors (Lipinski definition) is 1. The fourth-order valence-corrected chi connectivity index (χ4v) is 2.81. The Labute approximate surface area is 113 Å². The van der Waals surface area contributed by atoms with E-state index in [4.69, 9.17) is 5.73 Å². The van der Waals surface area contributed by atoms with Gasteiger partial charge in [0.25, 0.3) is 0 Å². The van der Waals surface area contributed by atoms with Crippen LogP contribution in [0.25, 0.3) is 5.65 Å². The molecule has 102 valence electrons. The maximum Gasteiger partial charge on any atom is 0.155 e. The predicted molar refractivity (Wildman–Crippen MR) is 75.0 cm³/mol. The minimum atomic E-state index is 0.494. The fraction of sp³-hybridized carbons (Fsp3) is 0.571. The molecule has 1 aliphatic rings. The summed E-state index contributed by atoms with van der Waals surface area (Å²) in [4.78, 5) is 7.16. The third-order valence-electron chi connectivity index (χ3n) is 4.06. The molecule has 0 spiro atoms. The van der Waals surface area contributed by atoms with Gasteiger partial charge in [0.1, 0.15) is 0 Å². The molecular formula is C14H21N5. The summed E-state index contributed by atoms with van der Waals surface area (Å²) in [5.41, 5.74) is 7.67. The summed E-state index contributed by atoms with van der Waals surface area (Å²) >= 11 is 0. The lowest BCUT2D eigenvalue weighted by Crippen LogP contribution is -2.32. The number of fused-ring (bicyclic) bond motifs is 1. The Hall–Kier alpha value is -1.46. The van der Waals surface area contributed by atoms with Crippen molar-refractivity contribution in [1.82, 2.24) is 19.5 Å². The van der Waals surface area contributed by atoms with Crippen LogP contribution in [0.2, 0.25) is 0 Å². The van der Waals surface area contributed by atoms with Crippen LogP contribution in [0.4, 0.5) is 0 Å². The van der Waals surface area contributed by atoms with Gasteiger partial charge in [-0.25, -0.2) is 9.50 Å². The Morgan fingerprint density at radius 1 is 1.32 bits per heavy atom. The molecule has 0 amide bonds. The molecule has 2 aromatic heterocycles. The molecule has 1 fully saturated rings. The predicted octanol–water partition coefficient (Wildman–Crippen LogP) is 1.39. The zero-order valence-electron chi connectivity index (χ0n) is 11.4. The van der Waals surface area contributed by atoms with Gasteiger partial charge in [-0.2, -0.15) is 5.10 Å². The molecule has 0 radical (unpaired) electrons. The molecule has 0 aromatic carbocycles. The highest BCUT2D eigenvalue weighted by Gasteiger charge is 2.23. The molecule has 3 rings (SSSR count). The lowest BCUT2D eigenvalue weighted by molar-refractivity contribution is 0.219. The summed E-state index contributed by atoms with van der Waals surface area (Å²) in [7, 11) is 0. The minimum Gasteiger partial charge on any atom is -0.325 e. The van der Waals surface area contributed by atoms with Gasteiger partial charge in [0.2, 0.25) is 0 Å². The molecule has 2 aromatic rings. The van der Waals surface area contributed by atoms with Crippen LogP contribution in [0.15, 0.2) is 18.2 Å². The average molecular weight is 259 g/mol. The van der Waals surface area contributed by atoms with Crippen LogP contribution in [0.1, 0.15) is 37.2 Å². The average Bonchev–Trinajstić information content (AvgIpc) is 2.91. The van der Waals surface area contributed by atoms with E-state index in [9.17, 15) is 0 Å². The van der Waals surface area contributed by atoms with Crippen molar-refractivity contribution in [3.63, 3.8) is 0 Å². The lowest BCUT2D eigenvalue weighted by Gasteiger charge is -2.29. The topological polar surface area (TPSA) is 59.5 Å². The van der Waals surface area contributed by atoms with Gasteiger partial charge < -0.3 is 10.6 Å². The van der Waals surface area contributed by atoms with Crippen LogP contribution >= 0.6 is 0 Å². The van der Waals surface area contributed by atoms with Crippen molar-refractivity contribution in [3.05, 3.63) is 29.7 Å². The number of rotatable bonds is 3. The standard InChI is InChI=1S/C14H21N5/c1-2-18-8-6-11(7-9-18)14-16-13-5-3-4-12(10-15)19(13)17-14/h3-5,11H,2,6-10,15H2,1H3. The van der Waals surface area contributed by atoms with Gasteiger partial charge in [0, 0.05) is 12.5 Å². The van der Waals surface area contributed by atoms with Crippen molar-refractivity contribution < 1.29 is 0 Å². The van der Waals surface area contributed by atoms with E-state index in [1.807, 2.05) is 22.7 Å². The molecule has 0 aliphatic carbocycles. The second-order valence-electron chi connectivity index (χ2n) is 5.17. The van der Waals surface area contributed by atoms with Crippen molar-refractivity contribution in [2.75, 3.05) is 19.6 Å². The number of nitrogens with two attached hydrogens (primary N) is 1. The Bertz CT molecular complexity index is 554. The largest absolute Gasteiger partial charge is 0.325 e. The highest BCUT2D eigenvalue weighted by molar-refractivity contribution is 5.39. The van der Waals surface area contributed by atoms with Crippen LogP contribution in [0, 0.1) is 0 Å². The van der Waals surface area contributed by atoms with Gasteiger partial charge in [-0.1, -0.05) is 13.0 Å². The Balaban J connectivity index is 1.86. The van der Waals surface area contributed by atoms with Crippen molar-refractivity contribution in [3.8, 4) is 0 Å². The Morgan fingerprint density at radius 2 is 2.11 bits per heavy atom. The summed E-state index contributed by atoms with van der Waals surface area (Å²) in [6.45, 7) is 6.16. The second-order valence-corrected chi connectivity index (χ2v) is 5.17. The maximum absolute atomic E-state index is 5.74. The highest BCUT2D eigenvalue weighted by atomic mass is 15.3. The van der Waals surface area contributed by atoms with Crippen molar-refractivity contribution in [2.24, 2.45) is 5.73 Å². The number of pyridine rings is 1. The van der Waals surface area contributed by atoms with E-state index in [0.29, 0.717) is 12.5 Å². The molecule has 3 heterocycles. The number of hydrogen-bond acceptors (Lipinski definition) is 4. The molecule has 0 bridgehead atoms. The number of aromatic nitrogens is 3. The van der Waals surface area contributed by atoms with Gasteiger partial charge in [-0.3, -0.25) is 0 Å². The quantitative estimate of drug-likeness (QED) is 0.905. The van der Waals surface area contributed by atoms with Crippen LogP contribution < -0.4 is 5.73 Å². The first-order valence-electron chi connectivity index (χ1n) is 7.08. The molecule has 1 aliphatic heterocycles. The zero-order chi connectivity index (χ0) is 13.2. The smallest absolute Gasteiger partial charge is 0.155 e. The first kappa shape index (κ1) is 12.6. The number of piperidine rings is 1. The summed E-state index contributed by atoms with van der Waals surface area (Å²) in [6, 6.07) is 6.00. The summed E-state index contributed by atoms with van der Waals surface area (Å²) in [6.07, 6.45) is 2.31. The van der Waals surface area contributed by atoms with Crippen LogP contribution in [0.3, 0.4) is 0 Å². The molecule has 0 saturated carbocycles. The number of nitrogens with zero attached hydrogens (tertiary/aromatic N) is 4. The molecule has 19 heavy (non-hydrogen) atoms. The molecule has 5 nitrogen and oxygen atoms in total. The van der Waals surface area contributed by atoms with E-state index in [1.165, 1.54) is 0 Å². The van der Waals surface area contributed by atoms with Gasteiger partial charge in [-0.05, 0) is 44.6 Å². The van der Waals surface area contributed by atoms with Crippen molar-refractivity contribution in [2.45, 2.75) is 32.2 Å². The Morgan fingerprint density at radius 3 is 2.79 bits per heavy atom. The van der Waals surface area contributed by atoms with Crippen LogP contribution in [-0.2, 0) is 6.54 Å². The van der Waals surface area contributed by atoms with Crippen molar-refractivity contribution >= 4 is 5.65 Å². The molecule has 1 saturated heterocycles. The van der Waals surface area contributed by atoms with Gasteiger partial charge in [0.05, 0.1) is 5.69 Å². The lowest BCUT2D eigenvalue weighted by atomic mass is 9.96. The molecule has 2 N–H and O–H groups in total. The highest BCUT2D eigenvalue weighted by Crippen LogP contribution is 2.26. The summed E-state index contributed by atoms with van der Waals surface area (Å²) in [5.74, 6) is 1.48. The van der Waals surface area contributed by atoms with E-state index >= 15 is 0 Å². The minimum absolute atomic E-state index is 0.494. The third-order valence-corrected chi connectivity index (χ3v) is 4.06. The van der Waals surface area contributed by atoms with E-state index in [2.05, 4.69) is 21.9 Å². The third kappa shape index (κ3) is 2.35. The monoisotopic (exact) mass is 259 g/mol. The van der Waals surface area contributed by atoms with Gasteiger partial charge in [0.15, 0.2) is 11.5 Å². The first-order valence-corrected chi connectivity index (χ1v) is 7.08. The number of likely N-dealkylation sites (tertiary alicyclic amines) is 1. The second kappa shape index (κ2) is 5.27. The van der Waals surface area contributed by atoms with Crippen LogP contribution in [0.5, 0.6) is 0 Å². The first-order chi connectivity index (χ1) is 9.31. The molecule has 0 atom stereocenters. The van der Waals surface area contributed by atoms with E-state index in [-0.39, 0.29) is 0 Å². The normalized spacial score (nSPS) is 18.2. The Kier molecular flexibility index (Phi) is 3.48. The maximum atomic E-state index is 5.74. The van der Waals surface area contributed by atoms with E-state index < -0.39 is 0 Å². The van der Waals surface area contributed by atoms with E-state index in [0.717, 1.165) is 49.6 Å². The fourth-order valence-electron chi connectivity index (χ4n) is 2.81. The van der Waals surface area contributed by atoms with Gasteiger partial charge >= 0.3 is 0 Å².